The largest absolute Gasteiger partial charge is 0.393 e. The highest BCUT2D eigenvalue weighted by Crippen LogP contribution is 2.66. The van der Waals surface area contributed by atoms with E-state index in [-0.39, 0.29) is 34.1 Å². The summed E-state index contributed by atoms with van der Waals surface area (Å²) in [6.45, 7) is 21.1. The second-order valence-corrected chi connectivity index (χ2v) is 15.6. The fourth-order valence-electron chi connectivity index (χ4n) is 7.86. The Morgan fingerprint density at radius 2 is 1.20 bits per heavy atom. The highest BCUT2D eigenvalue weighted by molar-refractivity contribution is 5.36. The van der Waals surface area contributed by atoms with E-state index < -0.39 is 11.7 Å². The number of allylic oxidation sites excluding steroid dienone is 14. The summed E-state index contributed by atoms with van der Waals surface area (Å²) in [5.74, 6) is -0.00453. The van der Waals surface area contributed by atoms with Crippen molar-refractivity contribution < 1.29 is 20.1 Å². The smallest absolute Gasteiger partial charge is 0.121 e. The third kappa shape index (κ3) is 8.94. The van der Waals surface area contributed by atoms with E-state index >= 15 is 0 Å². The molecule has 3 fully saturated rings. The molecule has 0 radical (unpaired) electrons. The minimum absolute atomic E-state index is 0.00453. The van der Waals surface area contributed by atoms with E-state index in [0.29, 0.717) is 19.3 Å². The van der Waals surface area contributed by atoms with Gasteiger partial charge in [-0.2, -0.15) is 0 Å². The van der Waals surface area contributed by atoms with E-state index in [1.807, 2.05) is 6.92 Å². The molecule has 1 heterocycles. The molecule has 0 aromatic carbocycles. The maximum atomic E-state index is 10.9. The third-order valence-electron chi connectivity index (χ3n) is 10.1. The van der Waals surface area contributed by atoms with Crippen molar-refractivity contribution in [2.24, 2.45) is 16.7 Å². The molecule has 4 nitrogen and oxygen atoms in total. The van der Waals surface area contributed by atoms with Gasteiger partial charge in [0.05, 0.1) is 17.8 Å². The highest BCUT2D eigenvalue weighted by atomic mass is 16.6. The second kappa shape index (κ2) is 14.0. The van der Waals surface area contributed by atoms with Crippen molar-refractivity contribution in [1.29, 1.82) is 0 Å². The Hall–Kier alpha value is -2.24. The van der Waals surface area contributed by atoms with Crippen LogP contribution in [0.25, 0.3) is 0 Å². The SMILES string of the molecule is CC(=C/C=C/C(C)=C/CC/C=C(C)/C=C/C=C(\C)C=CC1C(C)(C)C[C@H](O)C[C@@]1(C)O)/C=C/[C@@]12O[C@]1(C)C[C@@H](O)CC2(C)C. The van der Waals surface area contributed by atoms with E-state index in [2.05, 4.69) is 135 Å². The summed E-state index contributed by atoms with van der Waals surface area (Å²) in [5, 5.41) is 31.3. The fraction of sp³-hybridized carbons (Fsp3) is 0.600. The number of hydrogen-bond acceptors (Lipinski definition) is 4. The molecule has 0 aromatic heterocycles. The Morgan fingerprint density at radius 3 is 1.73 bits per heavy atom. The first-order valence-electron chi connectivity index (χ1n) is 16.5. The second-order valence-electron chi connectivity index (χ2n) is 15.6. The van der Waals surface area contributed by atoms with Crippen molar-refractivity contribution in [3.05, 3.63) is 95.2 Å². The number of ether oxygens (including phenoxy) is 1. The Kier molecular flexibility index (Phi) is 11.6. The number of aliphatic hydroxyl groups is 3. The average Bonchev–Trinajstić information content (AvgIpc) is 3.49. The molecule has 3 N–H and O–H groups in total. The molecule has 0 amide bonds. The summed E-state index contributed by atoms with van der Waals surface area (Å²) in [5.41, 5.74) is 3.08. The number of aliphatic hydroxyl groups excluding tert-OH is 2. The first-order chi connectivity index (χ1) is 20.3. The first kappa shape index (κ1) is 36.2. The van der Waals surface area contributed by atoms with Gasteiger partial charge < -0.3 is 20.1 Å². The molecule has 4 heteroatoms. The predicted molar refractivity (Wildman–Crippen MR) is 185 cm³/mol. The third-order valence-corrected chi connectivity index (χ3v) is 10.1. The van der Waals surface area contributed by atoms with Crippen LogP contribution in [-0.4, -0.2) is 44.3 Å². The van der Waals surface area contributed by atoms with Gasteiger partial charge in [-0.15, -0.1) is 0 Å². The zero-order valence-electron chi connectivity index (χ0n) is 29.2. The summed E-state index contributed by atoms with van der Waals surface area (Å²) >= 11 is 0. The van der Waals surface area contributed by atoms with Gasteiger partial charge in [-0.25, -0.2) is 0 Å². The molecule has 3 rings (SSSR count). The van der Waals surface area contributed by atoms with Crippen LogP contribution in [0.4, 0.5) is 0 Å². The average molecular weight is 605 g/mol. The van der Waals surface area contributed by atoms with Gasteiger partial charge in [0.25, 0.3) is 0 Å². The van der Waals surface area contributed by atoms with Crippen LogP contribution in [0.3, 0.4) is 0 Å². The fourth-order valence-corrected chi connectivity index (χ4v) is 7.86. The molecule has 2 saturated carbocycles. The van der Waals surface area contributed by atoms with Crippen molar-refractivity contribution in [3.63, 3.8) is 0 Å². The van der Waals surface area contributed by atoms with Gasteiger partial charge in [0.1, 0.15) is 11.2 Å². The summed E-state index contributed by atoms with van der Waals surface area (Å²) in [6, 6.07) is 0. The molecule has 1 saturated heterocycles. The minimum Gasteiger partial charge on any atom is -0.393 e. The summed E-state index contributed by atoms with van der Waals surface area (Å²) in [4.78, 5) is 0. The lowest BCUT2D eigenvalue weighted by molar-refractivity contribution is -0.111. The molecule has 1 aliphatic heterocycles. The van der Waals surface area contributed by atoms with E-state index in [0.717, 1.165) is 24.8 Å². The minimum atomic E-state index is -0.907. The molecule has 0 bridgehead atoms. The van der Waals surface area contributed by atoms with Crippen LogP contribution in [0.5, 0.6) is 0 Å². The Labute approximate surface area is 268 Å². The van der Waals surface area contributed by atoms with Crippen molar-refractivity contribution >= 4 is 0 Å². The lowest BCUT2D eigenvalue weighted by atomic mass is 9.61. The molecular formula is C40H60O4. The van der Waals surface area contributed by atoms with Gasteiger partial charge in [0.15, 0.2) is 0 Å². The number of fused-ring (bicyclic) bond motifs is 1. The standard InChI is InChI=1S/C40H60O4/c1-29(17-13-19-31(3)21-22-35-36(5,6)25-33(41)27-38(35,9)43)15-11-12-16-30(2)18-14-20-32(4)23-24-40-37(7,8)26-34(42)28-39(40,10)44-40/h13-24,33-35,41-43H,11-12,25-28H2,1-10H3/b17-13+,18-14+,22-21?,24-23+,29-15+,30-16+,31-19+,32-20-/t33-,34-,35?,38+,39+,40-/m0/s1. The molecule has 1 unspecified atom stereocenters. The van der Waals surface area contributed by atoms with Crippen LogP contribution in [0.15, 0.2) is 95.2 Å². The molecule has 0 spiro atoms. The van der Waals surface area contributed by atoms with Gasteiger partial charge in [0.2, 0.25) is 0 Å². The first-order valence-corrected chi connectivity index (χ1v) is 16.5. The lowest BCUT2D eigenvalue weighted by Crippen LogP contribution is -2.50. The van der Waals surface area contributed by atoms with Crippen molar-refractivity contribution in [2.45, 2.75) is 137 Å². The van der Waals surface area contributed by atoms with Crippen LogP contribution < -0.4 is 0 Å². The van der Waals surface area contributed by atoms with Crippen molar-refractivity contribution in [2.75, 3.05) is 0 Å². The van der Waals surface area contributed by atoms with Crippen LogP contribution in [0.2, 0.25) is 0 Å². The Bertz CT molecular complexity index is 1250. The maximum Gasteiger partial charge on any atom is 0.121 e. The van der Waals surface area contributed by atoms with E-state index in [1.165, 1.54) is 16.7 Å². The molecule has 44 heavy (non-hydrogen) atoms. The zero-order chi connectivity index (χ0) is 33.0. The van der Waals surface area contributed by atoms with Crippen molar-refractivity contribution in [1.82, 2.24) is 0 Å². The monoisotopic (exact) mass is 604 g/mol. The van der Waals surface area contributed by atoms with Gasteiger partial charge in [0, 0.05) is 24.2 Å². The summed E-state index contributed by atoms with van der Waals surface area (Å²) in [6.07, 6.45) is 29.7. The molecule has 2 aliphatic carbocycles. The van der Waals surface area contributed by atoms with Gasteiger partial charge in [-0.1, -0.05) is 117 Å². The van der Waals surface area contributed by atoms with Crippen LogP contribution in [-0.2, 0) is 4.74 Å². The predicted octanol–water partition coefficient (Wildman–Crippen LogP) is 9.03. The molecule has 3 aliphatic rings. The maximum absolute atomic E-state index is 10.9. The summed E-state index contributed by atoms with van der Waals surface area (Å²) < 4.78 is 6.25. The number of unbranched alkanes of at least 4 members (excludes halogenated alkanes) is 1. The molecular weight excluding hydrogens is 544 g/mol. The van der Waals surface area contributed by atoms with Gasteiger partial charge in [-0.3, -0.25) is 0 Å². The van der Waals surface area contributed by atoms with Crippen molar-refractivity contribution in [3.8, 4) is 0 Å². The van der Waals surface area contributed by atoms with Gasteiger partial charge in [-0.05, 0) is 78.7 Å². The lowest BCUT2D eigenvalue weighted by Gasteiger charge is -2.48. The summed E-state index contributed by atoms with van der Waals surface area (Å²) in [7, 11) is 0. The molecule has 6 atom stereocenters. The number of epoxide rings is 1. The van der Waals surface area contributed by atoms with Crippen LogP contribution in [0, 0.1) is 16.7 Å². The number of rotatable bonds is 11. The molecule has 0 aromatic rings. The number of hydrogen-bond donors (Lipinski definition) is 3. The van der Waals surface area contributed by atoms with E-state index in [4.69, 9.17) is 4.74 Å². The van der Waals surface area contributed by atoms with Gasteiger partial charge >= 0.3 is 0 Å². The van der Waals surface area contributed by atoms with E-state index in [1.54, 1.807) is 0 Å². The highest BCUT2D eigenvalue weighted by Gasteiger charge is 2.74. The van der Waals surface area contributed by atoms with E-state index in [9.17, 15) is 15.3 Å². The normalized spacial score (nSPS) is 36.6. The van der Waals surface area contributed by atoms with Crippen LogP contribution >= 0.6 is 0 Å². The quantitative estimate of drug-likeness (QED) is 0.125. The Morgan fingerprint density at radius 1 is 0.682 bits per heavy atom. The Balaban J connectivity index is 1.45. The molecule has 244 valence electrons. The zero-order valence-corrected chi connectivity index (χ0v) is 29.2. The topological polar surface area (TPSA) is 73.2 Å². The van der Waals surface area contributed by atoms with Crippen LogP contribution in [0.1, 0.15) is 108 Å².